The Morgan fingerprint density at radius 3 is 1.89 bits per heavy atom. The standard InChI is InChI=1S/C18H29P/c1-3-5-10-16-14-19(15-17(16)11-6-4-2)18-12-8-7-9-13-18/h7-9,12-13,16-17H,3-6,10-11,14-15H2,1-2H3/t16-,17-/m1/s1. The minimum atomic E-state index is 0.148. The van der Waals surface area contributed by atoms with Crippen molar-refractivity contribution in [1.82, 2.24) is 0 Å². The summed E-state index contributed by atoms with van der Waals surface area (Å²) in [4.78, 5) is 0. The smallest absolute Gasteiger partial charge is 0.0240 e. The van der Waals surface area contributed by atoms with Crippen molar-refractivity contribution in [1.29, 1.82) is 0 Å². The molecule has 1 aromatic rings. The van der Waals surface area contributed by atoms with Gasteiger partial charge in [-0.1, -0.05) is 77.8 Å². The summed E-state index contributed by atoms with van der Waals surface area (Å²) in [5, 5.41) is 1.65. The first-order valence-electron chi connectivity index (χ1n) is 8.15. The second kappa shape index (κ2) is 8.05. The quantitative estimate of drug-likeness (QED) is 0.583. The summed E-state index contributed by atoms with van der Waals surface area (Å²) in [5.74, 6) is 2.05. The fraction of sp³-hybridized carbons (Fsp3) is 0.667. The normalized spacial score (nSPS) is 23.9. The maximum atomic E-state index is 2.37. The molecule has 1 saturated heterocycles. The molecule has 0 saturated carbocycles. The van der Waals surface area contributed by atoms with E-state index < -0.39 is 0 Å². The molecular weight excluding hydrogens is 247 g/mol. The average molecular weight is 276 g/mol. The molecule has 0 nitrogen and oxygen atoms in total. The predicted octanol–water partition coefficient (Wildman–Crippen LogP) is 5.42. The Bertz CT molecular complexity index is 330. The Kier molecular flexibility index (Phi) is 6.38. The molecule has 1 heteroatoms. The zero-order valence-electron chi connectivity index (χ0n) is 12.6. The van der Waals surface area contributed by atoms with Gasteiger partial charge in [-0.15, -0.1) is 0 Å². The first-order valence-corrected chi connectivity index (χ1v) is 9.86. The van der Waals surface area contributed by atoms with Gasteiger partial charge in [0, 0.05) is 0 Å². The number of benzene rings is 1. The molecule has 1 aliphatic rings. The van der Waals surface area contributed by atoms with Crippen molar-refractivity contribution in [2.45, 2.75) is 52.4 Å². The van der Waals surface area contributed by atoms with Crippen molar-refractivity contribution >= 4 is 13.2 Å². The second-order valence-electron chi connectivity index (χ2n) is 6.05. The van der Waals surface area contributed by atoms with Crippen LogP contribution in [0.2, 0.25) is 0 Å². The van der Waals surface area contributed by atoms with Gasteiger partial charge in [0.1, 0.15) is 0 Å². The monoisotopic (exact) mass is 276 g/mol. The molecule has 1 aliphatic heterocycles. The van der Waals surface area contributed by atoms with Crippen LogP contribution in [0.3, 0.4) is 0 Å². The van der Waals surface area contributed by atoms with Crippen LogP contribution in [0.25, 0.3) is 0 Å². The van der Waals surface area contributed by atoms with E-state index >= 15 is 0 Å². The van der Waals surface area contributed by atoms with Crippen molar-refractivity contribution in [2.24, 2.45) is 11.8 Å². The molecule has 0 amide bonds. The third kappa shape index (κ3) is 4.32. The van der Waals surface area contributed by atoms with Gasteiger partial charge in [-0.05, 0) is 42.3 Å². The lowest BCUT2D eigenvalue weighted by Gasteiger charge is -2.18. The van der Waals surface area contributed by atoms with E-state index in [1.54, 1.807) is 5.30 Å². The lowest BCUT2D eigenvalue weighted by molar-refractivity contribution is 0.354. The van der Waals surface area contributed by atoms with E-state index in [0.717, 1.165) is 11.8 Å². The van der Waals surface area contributed by atoms with Gasteiger partial charge in [0.2, 0.25) is 0 Å². The Labute approximate surface area is 120 Å². The first-order chi connectivity index (χ1) is 9.35. The van der Waals surface area contributed by atoms with E-state index in [4.69, 9.17) is 0 Å². The molecule has 0 N–H and O–H groups in total. The maximum Gasteiger partial charge on any atom is -0.0240 e. The molecule has 19 heavy (non-hydrogen) atoms. The molecule has 0 radical (unpaired) electrons. The minimum Gasteiger partial charge on any atom is -0.0747 e. The zero-order valence-corrected chi connectivity index (χ0v) is 13.5. The number of hydrogen-bond acceptors (Lipinski definition) is 0. The summed E-state index contributed by atoms with van der Waals surface area (Å²) >= 11 is 0. The van der Waals surface area contributed by atoms with Crippen molar-refractivity contribution in [2.75, 3.05) is 12.3 Å². The molecule has 1 heterocycles. The van der Waals surface area contributed by atoms with E-state index in [1.165, 1.54) is 50.8 Å². The number of rotatable bonds is 7. The summed E-state index contributed by atoms with van der Waals surface area (Å²) in [6, 6.07) is 11.3. The average Bonchev–Trinajstić information content (AvgIpc) is 2.87. The van der Waals surface area contributed by atoms with E-state index in [-0.39, 0.29) is 7.92 Å². The Morgan fingerprint density at radius 1 is 0.895 bits per heavy atom. The highest BCUT2D eigenvalue weighted by Gasteiger charge is 2.33. The van der Waals surface area contributed by atoms with Gasteiger partial charge in [0.15, 0.2) is 0 Å². The molecule has 2 rings (SSSR count). The maximum absolute atomic E-state index is 2.37. The van der Waals surface area contributed by atoms with E-state index in [9.17, 15) is 0 Å². The molecule has 0 unspecified atom stereocenters. The number of hydrogen-bond donors (Lipinski definition) is 0. The van der Waals surface area contributed by atoms with Gasteiger partial charge in [-0.25, -0.2) is 0 Å². The van der Waals surface area contributed by atoms with Gasteiger partial charge in [0.25, 0.3) is 0 Å². The second-order valence-corrected chi connectivity index (χ2v) is 8.37. The van der Waals surface area contributed by atoms with Gasteiger partial charge in [0.05, 0.1) is 0 Å². The van der Waals surface area contributed by atoms with E-state index in [2.05, 4.69) is 44.2 Å². The SMILES string of the molecule is CCCC[C@@H]1CP(c2ccccc2)C[C@H]1CCCC. The molecule has 0 bridgehead atoms. The van der Waals surface area contributed by atoms with Crippen molar-refractivity contribution in [3.8, 4) is 0 Å². The van der Waals surface area contributed by atoms with E-state index in [1.807, 2.05) is 0 Å². The fourth-order valence-corrected chi connectivity index (χ4v) is 6.63. The minimum absolute atomic E-state index is 0.148. The summed E-state index contributed by atoms with van der Waals surface area (Å²) in [7, 11) is 0.148. The zero-order chi connectivity index (χ0) is 13.5. The highest BCUT2D eigenvalue weighted by molar-refractivity contribution is 7.65. The van der Waals surface area contributed by atoms with Crippen LogP contribution < -0.4 is 5.30 Å². The third-order valence-electron chi connectivity index (χ3n) is 4.55. The Morgan fingerprint density at radius 2 is 1.42 bits per heavy atom. The van der Waals surface area contributed by atoms with Crippen LogP contribution in [-0.4, -0.2) is 12.3 Å². The third-order valence-corrected chi connectivity index (χ3v) is 7.40. The lowest BCUT2D eigenvalue weighted by Crippen LogP contribution is -2.12. The highest BCUT2D eigenvalue weighted by Crippen LogP contribution is 2.51. The van der Waals surface area contributed by atoms with Gasteiger partial charge >= 0.3 is 0 Å². The van der Waals surface area contributed by atoms with Crippen LogP contribution in [0, 0.1) is 11.8 Å². The van der Waals surface area contributed by atoms with Crippen molar-refractivity contribution in [3.05, 3.63) is 30.3 Å². The summed E-state index contributed by atoms with van der Waals surface area (Å²) in [6.07, 6.45) is 11.6. The Balaban J connectivity index is 1.97. The number of unbranched alkanes of at least 4 members (excludes halogenated alkanes) is 2. The van der Waals surface area contributed by atoms with Crippen molar-refractivity contribution in [3.63, 3.8) is 0 Å². The summed E-state index contributed by atoms with van der Waals surface area (Å²) in [5.41, 5.74) is 0. The molecule has 106 valence electrons. The van der Waals surface area contributed by atoms with Crippen molar-refractivity contribution < 1.29 is 0 Å². The van der Waals surface area contributed by atoms with Gasteiger partial charge in [-0.3, -0.25) is 0 Å². The summed E-state index contributed by atoms with van der Waals surface area (Å²) < 4.78 is 0. The van der Waals surface area contributed by atoms with Crippen LogP contribution >= 0.6 is 7.92 Å². The highest BCUT2D eigenvalue weighted by atomic mass is 31.1. The molecule has 0 aliphatic carbocycles. The topological polar surface area (TPSA) is 0 Å². The van der Waals surface area contributed by atoms with Gasteiger partial charge in [-0.2, -0.15) is 0 Å². The molecule has 1 aromatic carbocycles. The van der Waals surface area contributed by atoms with Crippen LogP contribution in [0.5, 0.6) is 0 Å². The lowest BCUT2D eigenvalue weighted by atomic mass is 9.87. The van der Waals surface area contributed by atoms with Crippen LogP contribution in [-0.2, 0) is 0 Å². The predicted molar refractivity (Wildman–Crippen MR) is 88.8 cm³/mol. The summed E-state index contributed by atoms with van der Waals surface area (Å²) in [6.45, 7) is 4.66. The Hall–Kier alpha value is -0.350. The van der Waals surface area contributed by atoms with E-state index in [0.29, 0.717) is 0 Å². The van der Waals surface area contributed by atoms with Gasteiger partial charge < -0.3 is 0 Å². The first kappa shape index (κ1) is 15.0. The molecular formula is C18H29P. The molecule has 0 aromatic heterocycles. The largest absolute Gasteiger partial charge is 0.0747 e. The molecule has 0 spiro atoms. The van der Waals surface area contributed by atoms with Crippen LogP contribution in [0.1, 0.15) is 52.4 Å². The molecule has 1 fully saturated rings. The molecule has 2 atom stereocenters. The van der Waals surface area contributed by atoms with Crippen LogP contribution in [0.15, 0.2) is 30.3 Å². The van der Waals surface area contributed by atoms with Crippen LogP contribution in [0.4, 0.5) is 0 Å². The fourth-order valence-electron chi connectivity index (χ4n) is 3.38.